The van der Waals surface area contributed by atoms with Crippen molar-refractivity contribution in [2.24, 2.45) is 5.73 Å². The summed E-state index contributed by atoms with van der Waals surface area (Å²) in [4.78, 5) is 21.8. The first-order valence-corrected chi connectivity index (χ1v) is 6.06. The molecule has 0 aromatic heterocycles. The van der Waals surface area contributed by atoms with Crippen molar-refractivity contribution >= 4 is 12.0 Å². The SMILES string of the molecule is CC1(C)Oc2ccc(CC(NC(=O)O)C(N)=O)cc2O1. The number of benzene rings is 1. The number of carboxylic acid groups (broad SMARTS) is 1. The molecule has 1 aliphatic heterocycles. The maximum absolute atomic E-state index is 11.2. The maximum atomic E-state index is 11.2. The zero-order valence-corrected chi connectivity index (χ0v) is 11.2. The van der Waals surface area contributed by atoms with E-state index in [2.05, 4.69) is 5.32 Å². The molecule has 0 saturated carbocycles. The molecule has 0 fully saturated rings. The number of rotatable bonds is 4. The Balaban J connectivity index is 2.15. The van der Waals surface area contributed by atoms with Gasteiger partial charge >= 0.3 is 6.09 Å². The molecule has 0 spiro atoms. The molecule has 1 aliphatic rings. The lowest BCUT2D eigenvalue weighted by Crippen LogP contribution is -2.45. The number of carbonyl (C=O) groups is 2. The van der Waals surface area contributed by atoms with E-state index in [-0.39, 0.29) is 6.42 Å². The summed E-state index contributed by atoms with van der Waals surface area (Å²) in [5.41, 5.74) is 5.89. The largest absolute Gasteiger partial charge is 0.465 e. The van der Waals surface area contributed by atoms with E-state index in [1.807, 2.05) is 0 Å². The van der Waals surface area contributed by atoms with Gasteiger partial charge in [0.1, 0.15) is 6.04 Å². The Hall–Kier alpha value is -2.44. The summed E-state index contributed by atoms with van der Waals surface area (Å²) in [7, 11) is 0. The summed E-state index contributed by atoms with van der Waals surface area (Å²) in [5, 5.41) is 10.8. The predicted octanol–water partition coefficient (Wildman–Crippen LogP) is 0.858. The fourth-order valence-electron chi connectivity index (χ4n) is 2.00. The monoisotopic (exact) mass is 280 g/mol. The van der Waals surface area contributed by atoms with Crippen molar-refractivity contribution < 1.29 is 24.2 Å². The second kappa shape index (κ2) is 4.92. The summed E-state index contributed by atoms with van der Waals surface area (Å²) in [6.07, 6.45) is -1.14. The highest BCUT2D eigenvalue weighted by Gasteiger charge is 2.31. The Kier molecular flexibility index (Phi) is 3.44. The zero-order chi connectivity index (χ0) is 14.9. The van der Waals surface area contributed by atoms with Crippen LogP contribution in [0, 0.1) is 0 Å². The van der Waals surface area contributed by atoms with E-state index in [1.54, 1.807) is 32.0 Å². The van der Waals surface area contributed by atoms with Gasteiger partial charge in [-0.05, 0) is 17.7 Å². The minimum Gasteiger partial charge on any atom is -0.465 e. The van der Waals surface area contributed by atoms with E-state index >= 15 is 0 Å². The third-order valence-electron chi connectivity index (χ3n) is 2.80. The van der Waals surface area contributed by atoms with Crippen molar-refractivity contribution in [2.75, 3.05) is 0 Å². The standard InChI is InChI=1S/C13H16N2O5/c1-13(2)19-9-4-3-7(6-10(9)20-13)5-8(11(14)16)15-12(17)18/h3-4,6,8,15H,5H2,1-2H3,(H2,14,16)(H,17,18). The quantitative estimate of drug-likeness (QED) is 0.757. The lowest BCUT2D eigenvalue weighted by molar-refractivity contribution is -0.119. The van der Waals surface area contributed by atoms with E-state index in [0.29, 0.717) is 11.5 Å². The predicted molar refractivity (Wildman–Crippen MR) is 69.6 cm³/mol. The van der Waals surface area contributed by atoms with Crippen molar-refractivity contribution in [2.45, 2.75) is 32.1 Å². The molecule has 4 N–H and O–H groups in total. The molecule has 0 saturated heterocycles. The minimum atomic E-state index is -1.30. The maximum Gasteiger partial charge on any atom is 0.405 e. The normalized spacial score (nSPS) is 16.5. The third-order valence-corrected chi connectivity index (χ3v) is 2.80. The molecule has 0 radical (unpaired) electrons. The summed E-state index contributed by atoms with van der Waals surface area (Å²) in [6.45, 7) is 3.57. The molecule has 7 nitrogen and oxygen atoms in total. The van der Waals surface area contributed by atoms with Gasteiger partial charge in [0.2, 0.25) is 11.7 Å². The highest BCUT2D eigenvalue weighted by Crippen LogP contribution is 2.39. The van der Waals surface area contributed by atoms with Gasteiger partial charge in [0.05, 0.1) is 0 Å². The van der Waals surface area contributed by atoms with Crippen LogP contribution in [0.3, 0.4) is 0 Å². The molecule has 1 unspecified atom stereocenters. The zero-order valence-electron chi connectivity index (χ0n) is 11.2. The molecule has 1 atom stereocenters. The fourth-order valence-corrected chi connectivity index (χ4v) is 2.00. The van der Waals surface area contributed by atoms with Gasteiger partial charge in [0.15, 0.2) is 11.5 Å². The smallest absolute Gasteiger partial charge is 0.405 e. The lowest BCUT2D eigenvalue weighted by atomic mass is 10.1. The van der Waals surface area contributed by atoms with Gasteiger partial charge in [-0.2, -0.15) is 0 Å². The molecule has 20 heavy (non-hydrogen) atoms. The number of ether oxygens (including phenoxy) is 2. The van der Waals surface area contributed by atoms with Crippen LogP contribution in [0.4, 0.5) is 4.79 Å². The first-order chi connectivity index (χ1) is 9.27. The highest BCUT2D eigenvalue weighted by atomic mass is 16.7. The number of amides is 2. The van der Waals surface area contributed by atoms with E-state index in [9.17, 15) is 9.59 Å². The van der Waals surface area contributed by atoms with E-state index < -0.39 is 23.8 Å². The van der Waals surface area contributed by atoms with Gasteiger partial charge in [-0.1, -0.05) is 6.07 Å². The number of nitrogens with two attached hydrogens (primary N) is 1. The van der Waals surface area contributed by atoms with Crippen molar-refractivity contribution in [1.82, 2.24) is 5.32 Å². The van der Waals surface area contributed by atoms with Crippen LogP contribution in [0.2, 0.25) is 0 Å². The first-order valence-electron chi connectivity index (χ1n) is 6.06. The Bertz CT molecular complexity index is 556. The second-order valence-electron chi connectivity index (χ2n) is 4.99. The molecule has 0 bridgehead atoms. The lowest BCUT2D eigenvalue weighted by Gasteiger charge is -2.16. The number of hydrogen-bond donors (Lipinski definition) is 3. The molecule has 108 valence electrons. The molecule has 7 heteroatoms. The van der Waals surface area contributed by atoms with E-state index in [0.717, 1.165) is 5.56 Å². The molecule has 1 heterocycles. The van der Waals surface area contributed by atoms with E-state index in [1.165, 1.54) is 0 Å². The molecule has 0 aliphatic carbocycles. The second-order valence-corrected chi connectivity index (χ2v) is 4.99. The number of fused-ring (bicyclic) bond motifs is 1. The van der Waals surface area contributed by atoms with Crippen LogP contribution in [-0.2, 0) is 11.2 Å². The molecule has 2 amide bonds. The van der Waals surface area contributed by atoms with Crippen molar-refractivity contribution in [3.63, 3.8) is 0 Å². The van der Waals surface area contributed by atoms with Gasteiger partial charge in [-0.15, -0.1) is 0 Å². The summed E-state index contributed by atoms with van der Waals surface area (Å²) >= 11 is 0. The Morgan fingerprint density at radius 3 is 2.60 bits per heavy atom. The number of primary amides is 1. The van der Waals surface area contributed by atoms with Crippen molar-refractivity contribution in [1.29, 1.82) is 0 Å². The van der Waals surface area contributed by atoms with Gasteiger partial charge < -0.3 is 25.6 Å². The summed E-state index contributed by atoms with van der Waals surface area (Å²) in [6, 6.07) is 4.19. The molecular formula is C13H16N2O5. The Labute approximate surface area is 115 Å². The molecule has 2 rings (SSSR count). The van der Waals surface area contributed by atoms with Crippen LogP contribution in [0.25, 0.3) is 0 Å². The van der Waals surface area contributed by atoms with Gasteiger partial charge in [0.25, 0.3) is 0 Å². The Morgan fingerprint density at radius 1 is 1.35 bits per heavy atom. The van der Waals surface area contributed by atoms with Crippen molar-refractivity contribution in [3.05, 3.63) is 23.8 Å². The molecular weight excluding hydrogens is 264 g/mol. The van der Waals surface area contributed by atoms with Crippen LogP contribution >= 0.6 is 0 Å². The van der Waals surface area contributed by atoms with Crippen LogP contribution in [0.1, 0.15) is 19.4 Å². The molecule has 1 aromatic carbocycles. The van der Waals surface area contributed by atoms with E-state index in [4.69, 9.17) is 20.3 Å². The van der Waals surface area contributed by atoms with Gasteiger partial charge in [-0.25, -0.2) is 4.79 Å². The van der Waals surface area contributed by atoms with Crippen LogP contribution in [-0.4, -0.2) is 28.9 Å². The number of carbonyl (C=O) groups excluding carboxylic acids is 1. The van der Waals surface area contributed by atoms with Gasteiger partial charge in [0, 0.05) is 20.3 Å². The first kappa shape index (κ1) is 14.0. The van der Waals surface area contributed by atoms with Gasteiger partial charge in [-0.3, -0.25) is 4.79 Å². The summed E-state index contributed by atoms with van der Waals surface area (Å²) < 4.78 is 11.1. The Morgan fingerprint density at radius 2 is 2.00 bits per heavy atom. The van der Waals surface area contributed by atoms with Crippen LogP contribution < -0.4 is 20.5 Å². The topological polar surface area (TPSA) is 111 Å². The van der Waals surface area contributed by atoms with Crippen LogP contribution in [0.15, 0.2) is 18.2 Å². The van der Waals surface area contributed by atoms with Crippen LogP contribution in [0.5, 0.6) is 11.5 Å². The number of nitrogens with one attached hydrogen (secondary N) is 1. The number of hydrogen-bond acceptors (Lipinski definition) is 4. The molecule has 1 aromatic rings. The van der Waals surface area contributed by atoms with Crippen molar-refractivity contribution in [3.8, 4) is 11.5 Å². The minimum absolute atomic E-state index is 0.151. The average molecular weight is 280 g/mol. The highest BCUT2D eigenvalue weighted by molar-refractivity contribution is 5.84. The fraction of sp³-hybridized carbons (Fsp3) is 0.385. The third kappa shape index (κ3) is 3.11. The average Bonchev–Trinajstić information content (AvgIpc) is 2.60. The summed E-state index contributed by atoms with van der Waals surface area (Å²) in [5.74, 6) is -0.291.